The van der Waals surface area contributed by atoms with Gasteiger partial charge in [0, 0.05) is 31.9 Å². The third kappa shape index (κ3) is 4.54. The summed E-state index contributed by atoms with van der Waals surface area (Å²) in [5.74, 6) is 0.243. The van der Waals surface area contributed by atoms with Crippen molar-refractivity contribution in [3.05, 3.63) is 47.7 Å². The molecule has 0 atom stereocenters. The molecular weight excluding hydrogens is 360 g/mol. The maximum atomic E-state index is 12.6. The summed E-state index contributed by atoms with van der Waals surface area (Å²) < 4.78 is 4.97. The van der Waals surface area contributed by atoms with Crippen LogP contribution in [0, 0.1) is 11.3 Å². The molecule has 9 heteroatoms. The van der Waals surface area contributed by atoms with Crippen LogP contribution in [0.15, 0.2) is 36.4 Å². The first-order valence-corrected chi connectivity index (χ1v) is 8.92. The summed E-state index contributed by atoms with van der Waals surface area (Å²) in [4.78, 5) is 27.5. The van der Waals surface area contributed by atoms with Gasteiger partial charge >= 0.3 is 6.09 Å². The number of aromatic nitrogens is 2. The predicted octanol–water partition coefficient (Wildman–Crippen LogP) is 2.01. The van der Waals surface area contributed by atoms with E-state index in [1.165, 1.54) is 0 Å². The van der Waals surface area contributed by atoms with Gasteiger partial charge in [-0.15, -0.1) is 10.2 Å². The van der Waals surface area contributed by atoms with Gasteiger partial charge in [-0.2, -0.15) is 5.26 Å². The zero-order chi connectivity index (χ0) is 19.9. The second kappa shape index (κ2) is 8.81. The minimum Gasteiger partial charge on any atom is -0.450 e. The van der Waals surface area contributed by atoms with Crippen LogP contribution >= 0.6 is 0 Å². The van der Waals surface area contributed by atoms with Gasteiger partial charge in [-0.1, -0.05) is 6.07 Å². The summed E-state index contributed by atoms with van der Waals surface area (Å²) in [7, 11) is 0. The predicted molar refractivity (Wildman–Crippen MR) is 101 cm³/mol. The molecule has 2 amide bonds. The molecule has 1 fully saturated rings. The Labute approximate surface area is 162 Å². The maximum Gasteiger partial charge on any atom is 0.409 e. The number of carbonyl (C=O) groups is 2. The number of ether oxygens (including phenoxy) is 1. The molecule has 9 nitrogen and oxygen atoms in total. The lowest BCUT2D eigenvalue weighted by molar-refractivity contribution is 0.0565. The van der Waals surface area contributed by atoms with Crippen LogP contribution in [0.1, 0.15) is 23.0 Å². The first-order valence-electron chi connectivity index (χ1n) is 8.92. The summed E-state index contributed by atoms with van der Waals surface area (Å²) in [5, 5.41) is 20.0. The van der Waals surface area contributed by atoms with Crippen molar-refractivity contribution in [3.63, 3.8) is 0 Å². The van der Waals surface area contributed by atoms with Gasteiger partial charge in [-0.25, -0.2) is 4.79 Å². The van der Waals surface area contributed by atoms with Crippen LogP contribution in [-0.4, -0.2) is 64.8 Å². The zero-order valence-corrected chi connectivity index (χ0v) is 15.5. The first kappa shape index (κ1) is 19.1. The number of anilines is 2. The Morgan fingerprint density at radius 3 is 2.54 bits per heavy atom. The Kier molecular flexibility index (Phi) is 6.01. The van der Waals surface area contributed by atoms with Crippen molar-refractivity contribution >= 4 is 23.5 Å². The largest absolute Gasteiger partial charge is 0.450 e. The fraction of sp³-hybridized carbons (Fsp3) is 0.316. The molecule has 0 bridgehead atoms. The molecule has 1 saturated heterocycles. The van der Waals surface area contributed by atoms with E-state index in [4.69, 9.17) is 10.00 Å². The highest BCUT2D eigenvalue weighted by molar-refractivity contribution is 5.92. The number of rotatable bonds is 4. The van der Waals surface area contributed by atoms with Crippen LogP contribution < -0.4 is 5.32 Å². The van der Waals surface area contributed by atoms with E-state index >= 15 is 0 Å². The minimum atomic E-state index is -0.356. The molecule has 1 aromatic heterocycles. The highest BCUT2D eigenvalue weighted by atomic mass is 16.6. The molecule has 2 heterocycles. The van der Waals surface area contributed by atoms with E-state index in [2.05, 4.69) is 21.6 Å². The molecule has 1 aliphatic rings. The van der Waals surface area contributed by atoms with E-state index in [-0.39, 0.29) is 17.7 Å². The van der Waals surface area contributed by atoms with Crippen LogP contribution in [0.2, 0.25) is 0 Å². The number of hydrogen-bond donors (Lipinski definition) is 1. The van der Waals surface area contributed by atoms with Crippen molar-refractivity contribution in [2.24, 2.45) is 0 Å². The molecule has 1 aliphatic heterocycles. The van der Waals surface area contributed by atoms with E-state index in [0.717, 1.165) is 0 Å². The van der Waals surface area contributed by atoms with Gasteiger partial charge in [0.15, 0.2) is 11.5 Å². The van der Waals surface area contributed by atoms with E-state index < -0.39 is 0 Å². The molecule has 2 aromatic rings. The van der Waals surface area contributed by atoms with Crippen LogP contribution in [-0.2, 0) is 4.74 Å². The fourth-order valence-corrected chi connectivity index (χ4v) is 2.80. The maximum absolute atomic E-state index is 12.6. The van der Waals surface area contributed by atoms with E-state index in [1.54, 1.807) is 47.1 Å². The number of hydrogen-bond acceptors (Lipinski definition) is 7. The van der Waals surface area contributed by atoms with Crippen molar-refractivity contribution in [1.29, 1.82) is 5.26 Å². The molecule has 0 spiro atoms. The van der Waals surface area contributed by atoms with Crippen molar-refractivity contribution in [3.8, 4) is 6.07 Å². The lowest BCUT2D eigenvalue weighted by atomic mass is 10.2. The number of amides is 2. The number of carbonyl (C=O) groups excluding carboxylic acids is 2. The van der Waals surface area contributed by atoms with E-state index in [0.29, 0.717) is 49.9 Å². The van der Waals surface area contributed by atoms with Gasteiger partial charge in [0.1, 0.15) is 0 Å². The quantitative estimate of drug-likeness (QED) is 0.863. The SMILES string of the molecule is CCOC(=O)N1CCN(C(=O)c2ccc(Nc3cccc(C#N)c3)nn2)CC1. The second-order valence-corrected chi connectivity index (χ2v) is 6.10. The second-order valence-electron chi connectivity index (χ2n) is 6.10. The molecule has 3 rings (SSSR count). The smallest absolute Gasteiger partial charge is 0.409 e. The van der Waals surface area contributed by atoms with Gasteiger partial charge < -0.3 is 19.9 Å². The van der Waals surface area contributed by atoms with Gasteiger partial charge in [0.05, 0.1) is 18.2 Å². The number of benzene rings is 1. The fourth-order valence-electron chi connectivity index (χ4n) is 2.80. The van der Waals surface area contributed by atoms with Gasteiger partial charge in [-0.3, -0.25) is 4.79 Å². The third-order valence-corrected chi connectivity index (χ3v) is 4.24. The first-order chi connectivity index (χ1) is 13.6. The number of piperazine rings is 1. The molecule has 1 aromatic carbocycles. The molecule has 144 valence electrons. The van der Waals surface area contributed by atoms with E-state index in [9.17, 15) is 9.59 Å². The Bertz CT molecular complexity index is 885. The average Bonchev–Trinajstić information content (AvgIpc) is 2.74. The zero-order valence-electron chi connectivity index (χ0n) is 15.5. The van der Waals surface area contributed by atoms with E-state index in [1.807, 2.05) is 6.07 Å². The summed E-state index contributed by atoms with van der Waals surface area (Å²) in [6.07, 6.45) is -0.356. The Balaban J connectivity index is 1.58. The molecule has 0 aliphatic carbocycles. The molecule has 0 radical (unpaired) electrons. The highest BCUT2D eigenvalue weighted by Gasteiger charge is 2.26. The molecule has 0 saturated carbocycles. The van der Waals surface area contributed by atoms with Crippen LogP contribution in [0.3, 0.4) is 0 Å². The normalized spacial score (nSPS) is 13.6. The Hall–Kier alpha value is -3.67. The standard InChI is InChI=1S/C19H20N6O3/c1-2-28-19(27)25-10-8-24(9-11-25)18(26)16-6-7-17(23-22-16)21-15-5-3-4-14(12-15)13-20/h3-7,12H,2,8-11H2,1H3,(H,21,23). The number of nitrogens with one attached hydrogen (secondary N) is 1. The molecular formula is C19H20N6O3. The summed E-state index contributed by atoms with van der Waals surface area (Å²) >= 11 is 0. The van der Waals surface area contributed by atoms with Crippen LogP contribution in [0.25, 0.3) is 0 Å². The van der Waals surface area contributed by atoms with Crippen molar-refractivity contribution in [2.45, 2.75) is 6.92 Å². The summed E-state index contributed by atoms with van der Waals surface area (Å²) in [6.45, 7) is 3.77. The van der Waals surface area contributed by atoms with Gasteiger partial charge in [0.25, 0.3) is 5.91 Å². The van der Waals surface area contributed by atoms with Gasteiger partial charge in [-0.05, 0) is 37.3 Å². The summed E-state index contributed by atoms with van der Waals surface area (Å²) in [6, 6.07) is 12.3. The van der Waals surface area contributed by atoms with Crippen molar-refractivity contribution < 1.29 is 14.3 Å². The Morgan fingerprint density at radius 2 is 1.89 bits per heavy atom. The van der Waals surface area contributed by atoms with Gasteiger partial charge in [0.2, 0.25) is 0 Å². The average molecular weight is 380 g/mol. The lowest BCUT2D eigenvalue weighted by Crippen LogP contribution is -2.50. The van der Waals surface area contributed by atoms with Crippen molar-refractivity contribution in [1.82, 2.24) is 20.0 Å². The Morgan fingerprint density at radius 1 is 1.14 bits per heavy atom. The topological polar surface area (TPSA) is 111 Å². The van der Waals surface area contributed by atoms with Crippen molar-refractivity contribution in [2.75, 3.05) is 38.1 Å². The summed E-state index contributed by atoms with van der Waals surface area (Å²) in [5.41, 5.74) is 1.48. The van der Waals surface area contributed by atoms with Crippen LogP contribution in [0.4, 0.5) is 16.3 Å². The molecule has 1 N–H and O–H groups in total. The van der Waals surface area contributed by atoms with Crippen LogP contribution in [0.5, 0.6) is 0 Å². The highest BCUT2D eigenvalue weighted by Crippen LogP contribution is 2.16. The molecule has 0 unspecified atom stereocenters. The monoisotopic (exact) mass is 380 g/mol. The minimum absolute atomic E-state index is 0.228. The number of nitriles is 1. The number of nitrogens with zero attached hydrogens (tertiary/aromatic N) is 5. The molecule has 28 heavy (non-hydrogen) atoms. The third-order valence-electron chi connectivity index (χ3n) is 4.24. The lowest BCUT2D eigenvalue weighted by Gasteiger charge is -2.33.